The van der Waals surface area contributed by atoms with Crippen molar-refractivity contribution in [3.63, 3.8) is 0 Å². The van der Waals surface area contributed by atoms with Crippen LogP contribution in [-0.2, 0) is 0 Å². The number of benzene rings is 1. The zero-order chi connectivity index (χ0) is 15.5. The molecule has 0 unspecified atom stereocenters. The van der Waals surface area contributed by atoms with Gasteiger partial charge in [0.2, 0.25) is 0 Å². The second kappa shape index (κ2) is 6.73. The standard InChI is InChI=1S/C17H22F2N2O/c18-15-5-4-13(12-16(15)19)17(22)21-10-6-14(7-11-21)20-8-2-1-3-9-20/h4-5,12,14H,1-3,6-11H2. The number of halogens is 2. The van der Waals surface area contributed by atoms with Crippen LogP contribution in [0.25, 0.3) is 0 Å². The van der Waals surface area contributed by atoms with Gasteiger partial charge in [0, 0.05) is 24.7 Å². The van der Waals surface area contributed by atoms with Crippen molar-refractivity contribution in [2.75, 3.05) is 26.2 Å². The molecule has 1 aromatic carbocycles. The Morgan fingerprint density at radius 2 is 1.64 bits per heavy atom. The van der Waals surface area contributed by atoms with Crippen molar-refractivity contribution in [3.8, 4) is 0 Å². The molecule has 2 fully saturated rings. The Morgan fingerprint density at radius 3 is 2.27 bits per heavy atom. The highest BCUT2D eigenvalue weighted by molar-refractivity contribution is 5.94. The van der Waals surface area contributed by atoms with Gasteiger partial charge in [-0.1, -0.05) is 6.42 Å². The van der Waals surface area contributed by atoms with Gasteiger partial charge in [0.1, 0.15) is 0 Å². The Balaban J connectivity index is 1.58. The van der Waals surface area contributed by atoms with Crippen molar-refractivity contribution in [2.24, 2.45) is 0 Å². The molecule has 0 spiro atoms. The number of rotatable bonds is 2. The van der Waals surface area contributed by atoms with E-state index in [1.54, 1.807) is 4.90 Å². The highest BCUT2D eigenvalue weighted by Crippen LogP contribution is 2.22. The van der Waals surface area contributed by atoms with Crippen molar-refractivity contribution in [1.29, 1.82) is 0 Å². The summed E-state index contributed by atoms with van der Waals surface area (Å²) >= 11 is 0. The highest BCUT2D eigenvalue weighted by atomic mass is 19.2. The van der Waals surface area contributed by atoms with Gasteiger partial charge in [0.05, 0.1) is 0 Å². The van der Waals surface area contributed by atoms with Gasteiger partial charge in [-0.2, -0.15) is 0 Å². The fourth-order valence-electron chi connectivity index (χ4n) is 3.53. The summed E-state index contributed by atoms with van der Waals surface area (Å²) in [6.07, 6.45) is 5.80. The number of amides is 1. The average Bonchev–Trinajstić information content (AvgIpc) is 2.58. The molecule has 0 bridgehead atoms. The normalized spacial score (nSPS) is 21.1. The zero-order valence-corrected chi connectivity index (χ0v) is 12.7. The van der Waals surface area contributed by atoms with E-state index in [0.717, 1.165) is 25.0 Å². The van der Waals surface area contributed by atoms with E-state index >= 15 is 0 Å². The Morgan fingerprint density at radius 1 is 0.955 bits per heavy atom. The van der Waals surface area contributed by atoms with Crippen molar-refractivity contribution in [3.05, 3.63) is 35.4 Å². The molecule has 0 aromatic heterocycles. The monoisotopic (exact) mass is 308 g/mol. The van der Waals surface area contributed by atoms with Gasteiger partial charge in [-0.15, -0.1) is 0 Å². The molecule has 3 nitrogen and oxygen atoms in total. The van der Waals surface area contributed by atoms with E-state index in [-0.39, 0.29) is 11.5 Å². The highest BCUT2D eigenvalue weighted by Gasteiger charge is 2.28. The van der Waals surface area contributed by atoms with Gasteiger partial charge in [0.25, 0.3) is 5.91 Å². The minimum atomic E-state index is -0.964. The van der Waals surface area contributed by atoms with E-state index in [9.17, 15) is 13.6 Å². The van der Waals surface area contributed by atoms with Crippen molar-refractivity contribution < 1.29 is 13.6 Å². The summed E-state index contributed by atoms with van der Waals surface area (Å²) in [5, 5.41) is 0. The van der Waals surface area contributed by atoms with Gasteiger partial charge >= 0.3 is 0 Å². The quantitative estimate of drug-likeness (QED) is 0.838. The molecular weight excluding hydrogens is 286 g/mol. The third-order valence-corrected chi connectivity index (χ3v) is 4.83. The predicted octanol–water partition coefficient (Wildman–Crippen LogP) is 3.06. The molecule has 0 aliphatic carbocycles. The van der Waals surface area contributed by atoms with Crippen LogP contribution in [-0.4, -0.2) is 47.9 Å². The van der Waals surface area contributed by atoms with E-state index in [0.29, 0.717) is 19.1 Å². The summed E-state index contributed by atoms with van der Waals surface area (Å²) in [7, 11) is 0. The van der Waals surface area contributed by atoms with Crippen LogP contribution in [0.5, 0.6) is 0 Å². The number of nitrogens with zero attached hydrogens (tertiary/aromatic N) is 2. The van der Waals surface area contributed by atoms with Crippen LogP contribution in [0.4, 0.5) is 8.78 Å². The lowest BCUT2D eigenvalue weighted by Crippen LogP contribution is -2.48. The third-order valence-electron chi connectivity index (χ3n) is 4.83. The van der Waals surface area contributed by atoms with Crippen molar-refractivity contribution >= 4 is 5.91 Å². The van der Waals surface area contributed by atoms with Gasteiger partial charge < -0.3 is 9.80 Å². The molecule has 1 amide bonds. The van der Waals surface area contributed by atoms with Crippen LogP contribution in [0.15, 0.2) is 18.2 Å². The first-order valence-corrected chi connectivity index (χ1v) is 8.13. The molecule has 22 heavy (non-hydrogen) atoms. The lowest BCUT2D eigenvalue weighted by atomic mass is 9.99. The fraction of sp³-hybridized carbons (Fsp3) is 0.588. The average molecular weight is 308 g/mol. The van der Waals surface area contributed by atoms with E-state index < -0.39 is 11.6 Å². The first-order valence-electron chi connectivity index (χ1n) is 8.13. The summed E-state index contributed by atoms with van der Waals surface area (Å²) in [6, 6.07) is 3.93. The molecule has 2 aliphatic rings. The third kappa shape index (κ3) is 3.29. The Bertz CT molecular complexity index is 535. The summed E-state index contributed by atoms with van der Waals surface area (Å²) < 4.78 is 26.2. The molecule has 2 aliphatic heterocycles. The second-order valence-electron chi connectivity index (χ2n) is 6.25. The lowest BCUT2D eigenvalue weighted by Gasteiger charge is -2.40. The molecule has 0 atom stereocenters. The first-order chi connectivity index (χ1) is 10.6. The fourth-order valence-corrected chi connectivity index (χ4v) is 3.53. The summed E-state index contributed by atoms with van der Waals surface area (Å²) in [5.41, 5.74) is 0.232. The van der Waals surface area contributed by atoms with E-state index in [2.05, 4.69) is 4.90 Å². The molecule has 120 valence electrons. The topological polar surface area (TPSA) is 23.6 Å². The van der Waals surface area contributed by atoms with Crippen molar-refractivity contribution in [1.82, 2.24) is 9.80 Å². The molecular formula is C17H22F2N2O. The summed E-state index contributed by atoms with van der Waals surface area (Å²) in [5.74, 6) is -2.08. The smallest absolute Gasteiger partial charge is 0.253 e. The summed E-state index contributed by atoms with van der Waals surface area (Å²) in [4.78, 5) is 16.7. The second-order valence-corrected chi connectivity index (χ2v) is 6.25. The van der Waals surface area contributed by atoms with Gasteiger partial charge in [-0.05, 0) is 57.0 Å². The molecule has 3 rings (SSSR count). The maximum atomic E-state index is 13.3. The van der Waals surface area contributed by atoms with E-state index in [1.807, 2.05) is 0 Å². The number of hydrogen-bond donors (Lipinski definition) is 0. The molecule has 2 saturated heterocycles. The van der Waals surface area contributed by atoms with E-state index in [4.69, 9.17) is 0 Å². The Hall–Kier alpha value is -1.49. The van der Waals surface area contributed by atoms with Gasteiger partial charge in [-0.3, -0.25) is 4.79 Å². The maximum Gasteiger partial charge on any atom is 0.253 e. The lowest BCUT2D eigenvalue weighted by molar-refractivity contribution is 0.0589. The minimum absolute atomic E-state index is 0.198. The van der Waals surface area contributed by atoms with E-state index in [1.165, 1.54) is 38.4 Å². The maximum absolute atomic E-state index is 13.3. The number of piperidine rings is 2. The predicted molar refractivity (Wildman–Crippen MR) is 80.7 cm³/mol. The van der Waals surface area contributed by atoms with Crippen LogP contribution in [0, 0.1) is 11.6 Å². The number of likely N-dealkylation sites (tertiary alicyclic amines) is 2. The Kier molecular flexibility index (Phi) is 4.71. The molecule has 1 aromatic rings. The number of carbonyl (C=O) groups excluding carboxylic acids is 1. The molecule has 0 radical (unpaired) electrons. The molecule has 2 heterocycles. The van der Waals surface area contributed by atoms with Crippen LogP contribution in [0.2, 0.25) is 0 Å². The SMILES string of the molecule is O=C(c1ccc(F)c(F)c1)N1CCC(N2CCCCC2)CC1. The minimum Gasteiger partial charge on any atom is -0.339 e. The first kappa shape index (κ1) is 15.4. The largest absolute Gasteiger partial charge is 0.339 e. The number of carbonyl (C=O) groups is 1. The van der Waals surface area contributed by atoms with Crippen LogP contribution in [0.1, 0.15) is 42.5 Å². The Labute approximate surface area is 129 Å². The van der Waals surface area contributed by atoms with Crippen LogP contribution < -0.4 is 0 Å². The zero-order valence-electron chi connectivity index (χ0n) is 12.7. The van der Waals surface area contributed by atoms with Gasteiger partial charge in [0.15, 0.2) is 11.6 Å². The molecule has 5 heteroatoms. The van der Waals surface area contributed by atoms with Crippen LogP contribution >= 0.6 is 0 Å². The summed E-state index contributed by atoms with van der Waals surface area (Å²) in [6.45, 7) is 3.72. The van der Waals surface area contributed by atoms with Crippen molar-refractivity contribution in [2.45, 2.75) is 38.1 Å². The van der Waals surface area contributed by atoms with Gasteiger partial charge in [-0.25, -0.2) is 8.78 Å². The molecule has 0 N–H and O–H groups in total. The number of hydrogen-bond acceptors (Lipinski definition) is 2. The van der Waals surface area contributed by atoms with Crippen LogP contribution in [0.3, 0.4) is 0 Å². The molecule has 0 saturated carbocycles.